The van der Waals surface area contributed by atoms with Crippen LogP contribution in [-0.4, -0.2) is 27.2 Å². The van der Waals surface area contributed by atoms with Gasteiger partial charge in [-0.1, -0.05) is 30.3 Å². The Morgan fingerprint density at radius 3 is 2.79 bits per heavy atom. The third-order valence-electron chi connectivity index (χ3n) is 3.37. The maximum absolute atomic E-state index is 12.2. The highest BCUT2D eigenvalue weighted by Crippen LogP contribution is 2.23. The van der Waals surface area contributed by atoms with Gasteiger partial charge < -0.3 is 5.32 Å². The number of thiazole rings is 1. The standard InChI is InChI=1S/C17H16N4O2S/c1-12-7-8-15(22)21(20-12)10-9-18-16(23)14-11-24-17(19-14)13-5-3-2-4-6-13/h2-8,11H,9-10H2,1H3,(H,18,23). The number of aromatic nitrogens is 3. The fourth-order valence-corrected chi connectivity index (χ4v) is 2.97. The van der Waals surface area contributed by atoms with Gasteiger partial charge in [0.1, 0.15) is 10.7 Å². The van der Waals surface area contributed by atoms with E-state index < -0.39 is 0 Å². The summed E-state index contributed by atoms with van der Waals surface area (Å²) in [5, 5.41) is 9.42. The molecule has 122 valence electrons. The maximum Gasteiger partial charge on any atom is 0.270 e. The fraction of sp³-hybridized carbons (Fsp3) is 0.176. The summed E-state index contributed by atoms with van der Waals surface area (Å²) >= 11 is 1.43. The molecule has 0 saturated heterocycles. The number of aryl methyl sites for hydroxylation is 1. The number of hydrogen-bond acceptors (Lipinski definition) is 5. The summed E-state index contributed by atoms with van der Waals surface area (Å²) in [5.41, 5.74) is 1.93. The minimum absolute atomic E-state index is 0.185. The SMILES string of the molecule is Cc1ccc(=O)n(CCNC(=O)c2csc(-c3ccccc3)n2)n1. The first-order chi connectivity index (χ1) is 11.6. The van der Waals surface area contributed by atoms with Gasteiger partial charge in [0, 0.05) is 23.6 Å². The lowest BCUT2D eigenvalue weighted by Crippen LogP contribution is -2.32. The molecule has 2 heterocycles. The Morgan fingerprint density at radius 1 is 1.21 bits per heavy atom. The first-order valence-electron chi connectivity index (χ1n) is 7.47. The summed E-state index contributed by atoms with van der Waals surface area (Å²) in [5.74, 6) is -0.255. The molecule has 1 amide bonds. The molecule has 0 aliphatic heterocycles. The molecule has 6 nitrogen and oxygen atoms in total. The molecule has 24 heavy (non-hydrogen) atoms. The molecule has 0 spiro atoms. The summed E-state index contributed by atoms with van der Waals surface area (Å²) in [6, 6.07) is 12.8. The Morgan fingerprint density at radius 2 is 2.00 bits per heavy atom. The Kier molecular flexibility index (Phi) is 4.81. The highest BCUT2D eigenvalue weighted by atomic mass is 32.1. The predicted octanol–water partition coefficient (Wildman–Crippen LogP) is 2.11. The zero-order valence-electron chi connectivity index (χ0n) is 13.1. The molecule has 0 saturated carbocycles. The zero-order valence-corrected chi connectivity index (χ0v) is 13.9. The number of carbonyl (C=O) groups is 1. The molecular formula is C17H16N4O2S. The predicted molar refractivity (Wildman–Crippen MR) is 93.1 cm³/mol. The first-order valence-corrected chi connectivity index (χ1v) is 8.35. The normalized spacial score (nSPS) is 10.5. The topological polar surface area (TPSA) is 76.9 Å². The molecule has 0 fully saturated rings. The van der Waals surface area contributed by atoms with Gasteiger partial charge in [-0.2, -0.15) is 5.10 Å². The molecule has 0 aliphatic carbocycles. The molecule has 2 aromatic heterocycles. The van der Waals surface area contributed by atoms with Crippen molar-refractivity contribution in [3.8, 4) is 10.6 Å². The average Bonchev–Trinajstić information content (AvgIpc) is 3.09. The highest BCUT2D eigenvalue weighted by Gasteiger charge is 2.11. The van der Waals surface area contributed by atoms with Crippen LogP contribution in [0.3, 0.4) is 0 Å². The minimum atomic E-state index is -0.255. The van der Waals surface area contributed by atoms with Crippen molar-refractivity contribution in [1.29, 1.82) is 0 Å². The lowest BCUT2D eigenvalue weighted by molar-refractivity contribution is 0.0947. The van der Waals surface area contributed by atoms with Crippen molar-refractivity contribution in [2.75, 3.05) is 6.54 Å². The highest BCUT2D eigenvalue weighted by molar-refractivity contribution is 7.13. The van der Waals surface area contributed by atoms with E-state index in [9.17, 15) is 9.59 Å². The van der Waals surface area contributed by atoms with E-state index in [-0.39, 0.29) is 11.5 Å². The lowest BCUT2D eigenvalue weighted by atomic mass is 10.2. The first kappa shape index (κ1) is 16.1. The van der Waals surface area contributed by atoms with Gasteiger partial charge in [-0.3, -0.25) is 9.59 Å². The summed E-state index contributed by atoms with van der Waals surface area (Å²) in [6.07, 6.45) is 0. The average molecular weight is 340 g/mol. The van der Waals surface area contributed by atoms with Crippen molar-refractivity contribution in [2.45, 2.75) is 13.5 Å². The van der Waals surface area contributed by atoms with Gasteiger partial charge in [0.05, 0.1) is 12.2 Å². The molecule has 3 rings (SSSR count). The number of rotatable bonds is 5. The summed E-state index contributed by atoms with van der Waals surface area (Å²) < 4.78 is 1.34. The quantitative estimate of drug-likeness (QED) is 0.772. The maximum atomic E-state index is 12.2. The molecule has 0 aliphatic rings. The van der Waals surface area contributed by atoms with Crippen LogP contribution in [0.1, 0.15) is 16.2 Å². The Hall–Kier alpha value is -2.80. The van der Waals surface area contributed by atoms with E-state index in [0.717, 1.165) is 16.3 Å². The van der Waals surface area contributed by atoms with E-state index in [1.54, 1.807) is 11.4 Å². The summed E-state index contributed by atoms with van der Waals surface area (Å²) in [6.45, 7) is 2.45. The number of carbonyl (C=O) groups excluding carboxylic acids is 1. The van der Waals surface area contributed by atoms with Gasteiger partial charge >= 0.3 is 0 Å². The van der Waals surface area contributed by atoms with Crippen LogP contribution in [-0.2, 0) is 6.54 Å². The third kappa shape index (κ3) is 3.75. The van der Waals surface area contributed by atoms with Crippen molar-refractivity contribution in [2.24, 2.45) is 0 Å². The molecule has 0 radical (unpaired) electrons. The van der Waals surface area contributed by atoms with Crippen LogP contribution >= 0.6 is 11.3 Å². The second-order valence-electron chi connectivity index (χ2n) is 5.20. The van der Waals surface area contributed by atoms with Gasteiger partial charge in [-0.05, 0) is 13.0 Å². The third-order valence-corrected chi connectivity index (χ3v) is 4.26. The van der Waals surface area contributed by atoms with Crippen molar-refractivity contribution in [1.82, 2.24) is 20.1 Å². The number of benzene rings is 1. The molecule has 1 N–H and O–H groups in total. The molecule has 0 unspecified atom stereocenters. The van der Waals surface area contributed by atoms with Crippen LogP contribution in [0, 0.1) is 6.92 Å². The number of nitrogens with one attached hydrogen (secondary N) is 1. The van der Waals surface area contributed by atoms with E-state index in [0.29, 0.717) is 18.8 Å². The number of nitrogens with zero attached hydrogens (tertiary/aromatic N) is 3. The second-order valence-corrected chi connectivity index (χ2v) is 6.05. The Labute approximate surface area is 142 Å². The number of hydrogen-bond donors (Lipinski definition) is 1. The van der Waals surface area contributed by atoms with Crippen molar-refractivity contribution >= 4 is 17.2 Å². The van der Waals surface area contributed by atoms with Crippen LogP contribution < -0.4 is 10.9 Å². The monoisotopic (exact) mass is 340 g/mol. The van der Waals surface area contributed by atoms with Crippen molar-refractivity contribution in [3.63, 3.8) is 0 Å². The van der Waals surface area contributed by atoms with E-state index in [1.807, 2.05) is 37.3 Å². The van der Waals surface area contributed by atoms with Gasteiger partial charge in [-0.15, -0.1) is 11.3 Å². The van der Waals surface area contributed by atoms with E-state index in [1.165, 1.54) is 22.1 Å². The van der Waals surface area contributed by atoms with Crippen molar-refractivity contribution < 1.29 is 4.79 Å². The largest absolute Gasteiger partial charge is 0.349 e. The number of amides is 1. The van der Waals surface area contributed by atoms with Crippen LogP contribution in [0.2, 0.25) is 0 Å². The van der Waals surface area contributed by atoms with Crippen LogP contribution in [0.15, 0.2) is 52.6 Å². The van der Waals surface area contributed by atoms with E-state index in [2.05, 4.69) is 15.4 Å². The van der Waals surface area contributed by atoms with Crippen molar-refractivity contribution in [3.05, 3.63) is 69.6 Å². The fourth-order valence-electron chi connectivity index (χ4n) is 2.17. The van der Waals surface area contributed by atoms with Gasteiger partial charge in [0.15, 0.2) is 0 Å². The van der Waals surface area contributed by atoms with E-state index in [4.69, 9.17) is 0 Å². The molecule has 0 atom stereocenters. The smallest absolute Gasteiger partial charge is 0.270 e. The molecule has 7 heteroatoms. The van der Waals surface area contributed by atoms with Gasteiger partial charge in [0.2, 0.25) is 0 Å². The van der Waals surface area contributed by atoms with Gasteiger partial charge in [0.25, 0.3) is 11.5 Å². The van der Waals surface area contributed by atoms with E-state index >= 15 is 0 Å². The molecule has 1 aromatic carbocycles. The Balaban J connectivity index is 1.61. The zero-order chi connectivity index (χ0) is 16.9. The Bertz CT molecular complexity index is 902. The molecule has 3 aromatic rings. The van der Waals surface area contributed by atoms with Crippen LogP contribution in [0.25, 0.3) is 10.6 Å². The summed E-state index contributed by atoms with van der Waals surface area (Å²) in [4.78, 5) is 28.2. The van der Waals surface area contributed by atoms with Crippen LogP contribution in [0.4, 0.5) is 0 Å². The lowest BCUT2D eigenvalue weighted by Gasteiger charge is -2.06. The van der Waals surface area contributed by atoms with Crippen LogP contribution in [0.5, 0.6) is 0 Å². The molecular weight excluding hydrogens is 324 g/mol. The minimum Gasteiger partial charge on any atom is -0.349 e. The second kappa shape index (κ2) is 7.18. The summed E-state index contributed by atoms with van der Waals surface area (Å²) in [7, 11) is 0. The van der Waals surface area contributed by atoms with Gasteiger partial charge in [-0.25, -0.2) is 9.67 Å². The molecule has 0 bridgehead atoms.